The molecule has 2 aromatic carbocycles. The first kappa shape index (κ1) is 21.7. The molecule has 0 unspecified atom stereocenters. The molecule has 0 atom stereocenters. The average Bonchev–Trinajstić information content (AvgIpc) is 2.96. The number of hydrogen-bond donors (Lipinski definition) is 1. The van der Waals surface area contributed by atoms with Crippen LogP contribution < -0.4 is 5.32 Å². The number of nitrogens with one attached hydrogen (secondary N) is 1. The first-order valence-electron chi connectivity index (χ1n) is 9.54. The van der Waals surface area contributed by atoms with E-state index in [0.29, 0.717) is 13.1 Å². The van der Waals surface area contributed by atoms with E-state index in [1.807, 2.05) is 0 Å². The van der Waals surface area contributed by atoms with Gasteiger partial charge in [-0.1, -0.05) is 26.0 Å². The number of benzene rings is 2. The van der Waals surface area contributed by atoms with Gasteiger partial charge in [0.05, 0.1) is 16.0 Å². The highest BCUT2D eigenvalue weighted by molar-refractivity contribution is 7.89. The summed E-state index contributed by atoms with van der Waals surface area (Å²) >= 11 is 0. The van der Waals surface area contributed by atoms with Crippen molar-refractivity contribution in [2.24, 2.45) is 0 Å². The summed E-state index contributed by atoms with van der Waals surface area (Å²) in [4.78, 5) is 37.7. The van der Waals surface area contributed by atoms with Crippen molar-refractivity contribution in [3.05, 3.63) is 64.7 Å². The lowest BCUT2D eigenvalue weighted by molar-refractivity contribution is 0.0693. The van der Waals surface area contributed by atoms with Gasteiger partial charge in [-0.15, -0.1) is 0 Å². The normalized spacial score (nSPS) is 13.7. The molecule has 0 bridgehead atoms. The maximum absolute atomic E-state index is 12.5. The fraction of sp³-hybridized carbons (Fsp3) is 0.286. The lowest BCUT2D eigenvalue weighted by atomic mass is 10.1. The van der Waals surface area contributed by atoms with Crippen LogP contribution in [0.2, 0.25) is 0 Å². The van der Waals surface area contributed by atoms with Crippen molar-refractivity contribution in [3.8, 4) is 0 Å². The third-order valence-electron chi connectivity index (χ3n) is 5.07. The van der Waals surface area contributed by atoms with Gasteiger partial charge in [-0.2, -0.15) is 4.31 Å². The maximum atomic E-state index is 12.5. The molecule has 9 heteroatoms. The zero-order chi connectivity index (χ0) is 22.1. The summed E-state index contributed by atoms with van der Waals surface area (Å²) in [6, 6.07) is 10.7. The molecular formula is C21H23N3O5S. The summed E-state index contributed by atoms with van der Waals surface area (Å²) in [6.45, 7) is 4.54. The van der Waals surface area contributed by atoms with Crippen molar-refractivity contribution in [1.29, 1.82) is 0 Å². The van der Waals surface area contributed by atoms with E-state index in [9.17, 15) is 22.8 Å². The van der Waals surface area contributed by atoms with Crippen LogP contribution in [0.1, 0.15) is 50.5 Å². The van der Waals surface area contributed by atoms with E-state index in [0.717, 1.165) is 10.5 Å². The van der Waals surface area contributed by atoms with Gasteiger partial charge >= 0.3 is 0 Å². The largest absolute Gasteiger partial charge is 0.348 e. The number of nitrogens with zero attached hydrogens (tertiary/aromatic N) is 2. The summed E-state index contributed by atoms with van der Waals surface area (Å²) in [5, 5.41) is 2.74. The number of fused-ring (bicyclic) bond motifs is 1. The van der Waals surface area contributed by atoms with E-state index < -0.39 is 21.8 Å². The lowest BCUT2D eigenvalue weighted by Gasteiger charge is -2.18. The van der Waals surface area contributed by atoms with E-state index in [1.165, 1.54) is 41.7 Å². The van der Waals surface area contributed by atoms with Gasteiger partial charge < -0.3 is 5.32 Å². The fourth-order valence-corrected chi connectivity index (χ4v) is 4.74. The third kappa shape index (κ3) is 3.86. The van der Waals surface area contributed by atoms with Gasteiger partial charge in [-0.05, 0) is 35.9 Å². The molecule has 0 aliphatic carbocycles. The van der Waals surface area contributed by atoms with Gasteiger partial charge in [-0.25, -0.2) is 8.42 Å². The molecule has 0 aromatic heterocycles. The molecule has 30 heavy (non-hydrogen) atoms. The molecule has 1 aliphatic heterocycles. The molecule has 3 rings (SSSR count). The Labute approximate surface area is 175 Å². The number of hydrogen-bond acceptors (Lipinski definition) is 5. The second kappa shape index (κ2) is 8.37. The van der Waals surface area contributed by atoms with Crippen LogP contribution in [0.25, 0.3) is 0 Å². The average molecular weight is 429 g/mol. The fourth-order valence-electron chi connectivity index (χ4n) is 3.28. The number of carbonyl (C=O) groups is 3. The molecule has 0 radical (unpaired) electrons. The minimum absolute atomic E-state index is 0.189. The van der Waals surface area contributed by atoms with Crippen molar-refractivity contribution < 1.29 is 22.8 Å². The number of carbonyl (C=O) groups excluding carboxylic acids is 3. The van der Waals surface area contributed by atoms with Crippen LogP contribution in [0.3, 0.4) is 0 Å². The highest BCUT2D eigenvalue weighted by atomic mass is 32.2. The Morgan fingerprint density at radius 2 is 1.57 bits per heavy atom. The first-order chi connectivity index (χ1) is 14.2. The Morgan fingerprint density at radius 1 is 0.967 bits per heavy atom. The molecule has 8 nitrogen and oxygen atoms in total. The summed E-state index contributed by atoms with van der Waals surface area (Å²) in [5.74, 6) is -1.22. The Morgan fingerprint density at radius 3 is 2.17 bits per heavy atom. The van der Waals surface area contributed by atoms with Crippen LogP contribution in [-0.2, 0) is 16.6 Å². The second-order valence-electron chi connectivity index (χ2n) is 6.85. The molecule has 0 saturated carbocycles. The van der Waals surface area contributed by atoms with Gasteiger partial charge in [0.25, 0.3) is 17.7 Å². The SMILES string of the molecule is CCN(CC)S(=O)(=O)c1ccc(CNC(=O)c2ccc3c(c2)C(=O)N(C)C3=O)cc1. The first-order valence-corrected chi connectivity index (χ1v) is 11.0. The molecule has 158 valence electrons. The van der Waals surface area contributed by atoms with Crippen LogP contribution in [-0.4, -0.2) is 55.5 Å². The number of sulfonamides is 1. The van der Waals surface area contributed by atoms with Gasteiger partial charge in [0.2, 0.25) is 10.0 Å². The van der Waals surface area contributed by atoms with E-state index in [2.05, 4.69) is 5.32 Å². The molecule has 1 aliphatic rings. The van der Waals surface area contributed by atoms with Crippen LogP contribution in [0.5, 0.6) is 0 Å². The summed E-state index contributed by atoms with van der Waals surface area (Å²) in [5.41, 5.74) is 1.49. The minimum Gasteiger partial charge on any atom is -0.348 e. The summed E-state index contributed by atoms with van der Waals surface area (Å²) in [7, 11) is -2.13. The standard InChI is InChI=1S/C21H23N3O5S/c1-4-24(5-2)30(28,29)16-9-6-14(7-10-16)13-22-19(25)15-8-11-17-18(12-15)21(27)23(3)20(17)26/h6-12H,4-5,13H2,1-3H3,(H,22,25). The number of amides is 3. The molecule has 0 spiro atoms. The van der Waals surface area contributed by atoms with Gasteiger partial charge in [0, 0.05) is 32.2 Å². The lowest BCUT2D eigenvalue weighted by Crippen LogP contribution is -2.30. The number of rotatable bonds is 7. The Kier molecular flexibility index (Phi) is 6.04. The van der Waals surface area contributed by atoms with Gasteiger partial charge in [0.15, 0.2) is 0 Å². The minimum atomic E-state index is -3.53. The highest BCUT2D eigenvalue weighted by Gasteiger charge is 2.33. The van der Waals surface area contributed by atoms with Crippen LogP contribution in [0.4, 0.5) is 0 Å². The predicted molar refractivity (Wildman–Crippen MR) is 111 cm³/mol. The smallest absolute Gasteiger partial charge is 0.261 e. The van der Waals surface area contributed by atoms with Crippen molar-refractivity contribution in [1.82, 2.24) is 14.5 Å². The van der Waals surface area contributed by atoms with Gasteiger partial charge in [-0.3, -0.25) is 19.3 Å². The molecule has 2 aromatic rings. The Bertz CT molecular complexity index is 1110. The van der Waals surface area contributed by atoms with Crippen molar-refractivity contribution in [2.75, 3.05) is 20.1 Å². The van der Waals surface area contributed by atoms with E-state index >= 15 is 0 Å². The second-order valence-corrected chi connectivity index (χ2v) is 8.78. The predicted octanol–water partition coefficient (Wildman–Crippen LogP) is 1.87. The summed E-state index contributed by atoms with van der Waals surface area (Å²) in [6.07, 6.45) is 0. The molecule has 1 N–H and O–H groups in total. The Hall–Kier alpha value is -3.04. The van der Waals surface area contributed by atoms with Crippen molar-refractivity contribution >= 4 is 27.7 Å². The van der Waals surface area contributed by atoms with E-state index in [4.69, 9.17) is 0 Å². The molecule has 3 amide bonds. The van der Waals surface area contributed by atoms with E-state index in [1.54, 1.807) is 26.0 Å². The van der Waals surface area contributed by atoms with Crippen LogP contribution in [0.15, 0.2) is 47.4 Å². The van der Waals surface area contributed by atoms with Gasteiger partial charge in [0.1, 0.15) is 0 Å². The Balaban J connectivity index is 1.69. The van der Waals surface area contributed by atoms with E-state index in [-0.39, 0.29) is 34.0 Å². The quantitative estimate of drug-likeness (QED) is 0.677. The summed E-state index contributed by atoms with van der Waals surface area (Å²) < 4.78 is 26.4. The topological polar surface area (TPSA) is 104 Å². The third-order valence-corrected chi connectivity index (χ3v) is 7.14. The molecular weight excluding hydrogens is 406 g/mol. The zero-order valence-corrected chi connectivity index (χ0v) is 17.8. The molecule has 0 fully saturated rings. The zero-order valence-electron chi connectivity index (χ0n) is 17.0. The van der Waals surface area contributed by atoms with Crippen LogP contribution in [0, 0.1) is 0 Å². The monoisotopic (exact) mass is 429 g/mol. The molecule has 0 saturated heterocycles. The van der Waals surface area contributed by atoms with Crippen molar-refractivity contribution in [2.45, 2.75) is 25.3 Å². The maximum Gasteiger partial charge on any atom is 0.261 e. The van der Waals surface area contributed by atoms with Crippen molar-refractivity contribution in [3.63, 3.8) is 0 Å². The van der Waals surface area contributed by atoms with Crippen LogP contribution >= 0.6 is 0 Å². The number of imide groups is 1. The highest BCUT2D eigenvalue weighted by Crippen LogP contribution is 2.23. The molecule has 1 heterocycles.